The van der Waals surface area contributed by atoms with E-state index in [0.29, 0.717) is 53.8 Å². The average molecular weight is 445 g/mol. The predicted octanol–water partition coefficient (Wildman–Crippen LogP) is 4.19. The number of hydrogen-bond donors (Lipinski definition) is 3. The van der Waals surface area contributed by atoms with Gasteiger partial charge >= 0.3 is 6.03 Å². The second kappa shape index (κ2) is 10.2. The third kappa shape index (κ3) is 5.88. The van der Waals surface area contributed by atoms with Gasteiger partial charge in [-0.1, -0.05) is 23.7 Å². The summed E-state index contributed by atoms with van der Waals surface area (Å²) in [7, 11) is 1.56. The van der Waals surface area contributed by atoms with E-state index in [-0.39, 0.29) is 23.8 Å². The molecule has 0 atom stereocenters. The molecule has 0 aliphatic carbocycles. The number of rotatable bonds is 5. The first-order valence-corrected chi connectivity index (χ1v) is 10.3. The summed E-state index contributed by atoms with van der Waals surface area (Å²) < 4.78 is 5.27. The summed E-state index contributed by atoms with van der Waals surface area (Å²) in [6.45, 7) is 2.32. The van der Waals surface area contributed by atoms with Gasteiger partial charge in [-0.15, -0.1) is 0 Å². The molecular weight excluding hydrogens is 420 g/mol. The van der Waals surface area contributed by atoms with Crippen LogP contribution in [0, 0.1) is 5.92 Å². The molecule has 31 heavy (non-hydrogen) atoms. The van der Waals surface area contributed by atoms with Crippen molar-refractivity contribution in [1.82, 2.24) is 4.90 Å². The summed E-state index contributed by atoms with van der Waals surface area (Å²) in [6.07, 6.45) is 1.12. The maximum Gasteiger partial charge on any atom is 0.321 e. The quantitative estimate of drug-likeness (QED) is 0.643. The highest BCUT2D eigenvalue weighted by Gasteiger charge is 2.28. The average Bonchev–Trinajstić information content (AvgIpc) is 2.75. The standard InChI is InChI=1S/C22H25ClN4O4/c1-14(28)24-16-7-8-18(17(23)13-16)26-22(30)27-11-9-15(10-12-27)21(29)25-19-5-3-4-6-20(19)31-2/h3-8,13,15H,9-12H2,1-2H3,(H,24,28)(H,25,29)(H,26,30). The fourth-order valence-corrected chi connectivity index (χ4v) is 3.65. The van der Waals surface area contributed by atoms with Crippen LogP contribution in [0.3, 0.4) is 0 Å². The molecule has 0 radical (unpaired) electrons. The number of para-hydroxylation sites is 2. The number of amides is 4. The van der Waals surface area contributed by atoms with Gasteiger partial charge < -0.3 is 25.6 Å². The molecule has 0 aromatic heterocycles. The van der Waals surface area contributed by atoms with Crippen LogP contribution in [0.1, 0.15) is 19.8 Å². The predicted molar refractivity (Wildman–Crippen MR) is 121 cm³/mol. The van der Waals surface area contributed by atoms with E-state index < -0.39 is 0 Å². The van der Waals surface area contributed by atoms with Crippen molar-refractivity contribution in [1.29, 1.82) is 0 Å². The summed E-state index contributed by atoms with van der Waals surface area (Å²) in [6, 6.07) is 11.8. The summed E-state index contributed by atoms with van der Waals surface area (Å²) >= 11 is 6.21. The van der Waals surface area contributed by atoms with Gasteiger partial charge in [-0.05, 0) is 43.2 Å². The van der Waals surface area contributed by atoms with Gasteiger partial charge in [0.1, 0.15) is 5.75 Å². The maximum absolute atomic E-state index is 12.6. The lowest BCUT2D eigenvalue weighted by atomic mass is 9.96. The van der Waals surface area contributed by atoms with E-state index in [1.165, 1.54) is 6.92 Å². The van der Waals surface area contributed by atoms with Gasteiger partial charge in [-0.25, -0.2) is 4.79 Å². The third-order valence-electron chi connectivity index (χ3n) is 5.05. The molecule has 0 bridgehead atoms. The molecular formula is C22H25ClN4O4. The Labute approximate surface area is 185 Å². The Morgan fingerprint density at radius 1 is 1.00 bits per heavy atom. The van der Waals surface area contributed by atoms with E-state index in [4.69, 9.17) is 16.3 Å². The topological polar surface area (TPSA) is 99.8 Å². The highest BCUT2D eigenvalue weighted by atomic mass is 35.5. The second-order valence-electron chi connectivity index (χ2n) is 7.26. The number of urea groups is 1. The molecule has 0 saturated carbocycles. The Morgan fingerprint density at radius 2 is 1.71 bits per heavy atom. The van der Waals surface area contributed by atoms with Crippen molar-refractivity contribution in [3.8, 4) is 5.75 Å². The highest BCUT2D eigenvalue weighted by Crippen LogP contribution is 2.28. The first-order valence-electron chi connectivity index (χ1n) is 9.94. The SMILES string of the molecule is COc1ccccc1NC(=O)C1CCN(C(=O)Nc2ccc(NC(C)=O)cc2Cl)CC1. The van der Waals surface area contributed by atoms with Crippen LogP contribution in [0.15, 0.2) is 42.5 Å². The maximum atomic E-state index is 12.6. The van der Waals surface area contributed by atoms with Crippen molar-refractivity contribution in [3.63, 3.8) is 0 Å². The van der Waals surface area contributed by atoms with Gasteiger partial charge in [-0.2, -0.15) is 0 Å². The first-order chi connectivity index (χ1) is 14.9. The Morgan fingerprint density at radius 3 is 2.35 bits per heavy atom. The molecule has 4 amide bonds. The number of anilines is 3. The van der Waals surface area contributed by atoms with Gasteiger partial charge in [0, 0.05) is 31.6 Å². The largest absolute Gasteiger partial charge is 0.495 e. The molecule has 1 aliphatic heterocycles. The first kappa shape index (κ1) is 22.4. The number of ether oxygens (including phenoxy) is 1. The minimum absolute atomic E-state index is 0.0823. The van der Waals surface area contributed by atoms with Crippen LogP contribution < -0.4 is 20.7 Å². The van der Waals surface area contributed by atoms with E-state index in [2.05, 4.69) is 16.0 Å². The van der Waals surface area contributed by atoms with Crippen molar-refractivity contribution < 1.29 is 19.1 Å². The summed E-state index contributed by atoms with van der Waals surface area (Å²) in [5.74, 6) is 0.134. The van der Waals surface area contributed by atoms with Crippen LogP contribution in [0.5, 0.6) is 5.75 Å². The van der Waals surface area contributed by atoms with Crippen molar-refractivity contribution >= 4 is 46.5 Å². The molecule has 1 saturated heterocycles. The Kier molecular flexibility index (Phi) is 7.36. The van der Waals surface area contributed by atoms with Crippen molar-refractivity contribution in [2.45, 2.75) is 19.8 Å². The number of carbonyl (C=O) groups is 3. The number of methoxy groups -OCH3 is 1. The van der Waals surface area contributed by atoms with Gasteiger partial charge in [0.05, 0.1) is 23.5 Å². The lowest BCUT2D eigenvalue weighted by Gasteiger charge is -2.31. The zero-order chi connectivity index (χ0) is 22.4. The van der Waals surface area contributed by atoms with Crippen LogP contribution in [0.2, 0.25) is 5.02 Å². The number of benzene rings is 2. The Balaban J connectivity index is 1.52. The number of likely N-dealkylation sites (tertiary alicyclic amines) is 1. The van der Waals surface area contributed by atoms with Gasteiger partial charge in [0.25, 0.3) is 0 Å². The number of halogens is 1. The smallest absolute Gasteiger partial charge is 0.321 e. The summed E-state index contributed by atoms with van der Waals surface area (Å²) in [5, 5.41) is 8.66. The van der Waals surface area contributed by atoms with Gasteiger partial charge in [-0.3, -0.25) is 9.59 Å². The lowest BCUT2D eigenvalue weighted by Crippen LogP contribution is -2.43. The van der Waals surface area contributed by atoms with E-state index in [0.717, 1.165) is 0 Å². The molecule has 0 unspecified atom stereocenters. The van der Waals surface area contributed by atoms with Gasteiger partial charge in [0.2, 0.25) is 11.8 Å². The molecule has 1 heterocycles. The molecule has 164 valence electrons. The molecule has 8 nitrogen and oxygen atoms in total. The van der Waals surface area contributed by atoms with E-state index >= 15 is 0 Å². The van der Waals surface area contributed by atoms with Crippen LogP contribution in [0.25, 0.3) is 0 Å². The van der Waals surface area contributed by atoms with Crippen LogP contribution in [0.4, 0.5) is 21.9 Å². The number of nitrogens with zero attached hydrogens (tertiary/aromatic N) is 1. The number of carbonyl (C=O) groups excluding carboxylic acids is 3. The summed E-state index contributed by atoms with van der Waals surface area (Å²) in [5.41, 5.74) is 1.64. The molecule has 0 spiro atoms. The second-order valence-corrected chi connectivity index (χ2v) is 7.66. The van der Waals surface area contributed by atoms with Crippen molar-refractivity contribution in [3.05, 3.63) is 47.5 Å². The molecule has 2 aromatic rings. The van der Waals surface area contributed by atoms with Crippen LogP contribution in [-0.4, -0.2) is 42.9 Å². The molecule has 2 aromatic carbocycles. The van der Waals surface area contributed by atoms with Crippen LogP contribution in [-0.2, 0) is 9.59 Å². The van der Waals surface area contributed by atoms with E-state index in [9.17, 15) is 14.4 Å². The minimum atomic E-state index is -0.280. The Bertz CT molecular complexity index is 974. The Hall–Kier alpha value is -3.26. The molecule has 1 fully saturated rings. The number of hydrogen-bond acceptors (Lipinski definition) is 4. The molecule has 3 N–H and O–H groups in total. The third-order valence-corrected chi connectivity index (χ3v) is 5.36. The molecule has 9 heteroatoms. The van der Waals surface area contributed by atoms with Crippen molar-refractivity contribution in [2.24, 2.45) is 5.92 Å². The fourth-order valence-electron chi connectivity index (χ4n) is 3.42. The number of nitrogens with one attached hydrogen (secondary N) is 3. The normalized spacial score (nSPS) is 14.0. The summed E-state index contributed by atoms with van der Waals surface area (Å²) in [4.78, 5) is 38.0. The number of piperidine rings is 1. The minimum Gasteiger partial charge on any atom is -0.495 e. The zero-order valence-corrected chi connectivity index (χ0v) is 18.2. The van der Waals surface area contributed by atoms with E-state index in [1.54, 1.807) is 42.3 Å². The highest BCUT2D eigenvalue weighted by molar-refractivity contribution is 6.34. The lowest BCUT2D eigenvalue weighted by molar-refractivity contribution is -0.121. The van der Waals surface area contributed by atoms with E-state index in [1.807, 2.05) is 12.1 Å². The molecule has 1 aliphatic rings. The van der Waals surface area contributed by atoms with Gasteiger partial charge in [0.15, 0.2) is 0 Å². The fraction of sp³-hybridized carbons (Fsp3) is 0.318. The zero-order valence-electron chi connectivity index (χ0n) is 17.4. The monoisotopic (exact) mass is 444 g/mol. The van der Waals surface area contributed by atoms with Crippen molar-refractivity contribution in [2.75, 3.05) is 36.1 Å². The molecule has 3 rings (SSSR count). The van der Waals surface area contributed by atoms with Crippen LogP contribution >= 0.6 is 11.6 Å².